The first-order chi connectivity index (χ1) is 8.03. The third-order valence-electron chi connectivity index (χ3n) is 3.16. The van der Waals surface area contributed by atoms with E-state index in [0.29, 0.717) is 12.5 Å². The van der Waals surface area contributed by atoms with Gasteiger partial charge in [0.1, 0.15) is 0 Å². The Labute approximate surface area is 113 Å². The van der Waals surface area contributed by atoms with Crippen molar-refractivity contribution < 1.29 is 9.53 Å². The zero-order valence-corrected chi connectivity index (χ0v) is 12.5. The fraction of sp³-hybridized carbons (Fsp3) is 0.923. The second-order valence-electron chi connectivity index (χ2n) is 5.40. The van der Waals surface area contributed by atoms with Crippen molar-refractivity contribution in [2.45, 2.75) is 64.0 Å². The summed E-state index contributed by atoms with van der Waals surface area (Å²) in [4.78, 5) is 11.8. The van der Waals surface area contributed by atoms with Crippen molar-refractivity contribution >= 4 is 21.8 Å². The third kappa shape index (κ3) is 6.41. The van der Waals surface area contributed by atoms with E-state index in [1.807, 2.05) is 0 Å². The molecule has 1 fully saturated rings. The van der Waals surface area contributed by atoms with Crippen LogP contribution in [0.5, 0.6) is 0 Å². The summed E-state index contributed by atoms with van der Waals surface area (Å²) in [6.07, 6.45) is 6.19. The molecule has 0 aromatic heterocycles. The van der Waals surface area contributed by atoms with E-state index in [1.54, 1.807) is 0 Å². The van der Waals surface area contributed by atoms with Crippen LogP contribution in [0.3, 0.4) is 0 Å². The number of nitrogens with one attached hydrogen (secondary N) is 1. The Balaban J connectivity index is 2.20. The van der Waals surface area contributed by atoms with Gasteiger partial charge < -0.3 is 10.1 Å². The summed E-state index contributed by atoms with van der Waals surface area (Å²) >= 11 is 3.41. The van der Waals surface area contributed by atoms with Crippen LogP contribution in [0.4, 0.5) is 0 Å². The summed E-state index contributed by atoms with van der Waals surface area (Å²) in [6.45, 7) is 4.98. The quantitative estimate of drug-likeness (QED) is 0.766. The van der Waals surface area contributed by atoms with Crippen molar-refractivity contribution in [2.24, 2.45) is 0 Å². The van der Waals surface area contributed by atoms with Crippen molar-refractivity contribution in [3.05, 3.63) is 0 Å². The maximum atomic E-state index is 11.8. The highest BCUT2D eigenvalue weighted by atomic mass is 79.9. The zero-order chi connectivity index (χ0) is 12.7. The largest absolute Gasteiger partial charge is 0.378 e. The topological polar surface area (TPSA) is 38.3 Å². The average Bonchev–Trinajstić information content (AvgIpc) is 2.27. The van der Waals surface area contributed by atoms with Gasteiger partial charge in [-0.15, -0.1) is 0 Å². The highest BCUT2D eigenvalue weighted by Gasteiger charge is 2.21. The molecule has 0 bridgehead atoms. The average molecular weight is 306 g/mol. The standard InChI is InChI=1S/C13H24BrNO2/c1-13(2,8-9-14)15-12(16)7-6-11-5-3-4-10-17-11/h11H,3-10H2,1-2H3,(H,15,16). The molecular weight excluding hydrogens is 282 g/mol. The smallest absolute Gasteiger partial charge is 0.220 e. The molecule has 17 heavy (non-hydrogen) atoms. The van der Waals surface area contributed by atoms with Crippen LogP contribution >= 0.6 is 15.9 Å². The molecule has 0 saturated carbocycles. The first-order valence-electron chi connectivity index (χ1n) is 6.52. The van der Waals surface area contributed by atoms with Gasteiger partial charge >= 0.3 is 0 Å². The number of carbonyl (C=O) groups is 1. The minimum atomic E-state index is -0.117. The summed E-state index contributed by atoms with van der Waals surface area (Å²) in [7, 11) is 0. The van der Waals surface area contributed by atoms with E-state index >= 15 is 0 Å². The van der Waals surface area contributed by atoms with Crippen molar-refractivity contribution in [2.75, 3.05) is 11.9 Å². The van der Waals surface area contributed by atoms with E-state index in [0.717, 1.165) is 31.2 Å². The predicted octanol–water partition coefficient (Wildman–Crippen LogP) is 3.02. The molecule has 1 heterocycles. The predicted molar refractivity (Wildman–Crippen MR) is 73.5 cm³/mol. The Kier molecular flexibility index (Phi) is 6.49. The van der Waals surface area contributed by atoms with Crippen molar-refractivity contribution in [1.82, 2.24) is 5.32 Å². The molecule has 0 spiro atoms. The minimum Gasteiger partial charge on any atom is -0.378 e. The van der Waals surface area contributed by atoms with Crippen LogP contribution in [0, 0.1) is 0 Å². The van der Waals surface area contributed by atoms with Gasteiger partial charge in [-0.1, -0.05) is 15.9 Å². The Bertz CT molecular complexity index is 238. The fourth-order valence-corrected chi connectivity index (χ4v) is 3.06. The maximum absolute atomic E-state index is 11.8. The van der Waals surface area contributed by atoms with Gasteiger partial charge in [-0.3, -0.25) is 4.79 Å². The molecule has 100 valence electrons. The SMILES string of the molecule is CC(C)(CCBr)NC(=O)CCC1CCCCO1. The molecule has 1 aliphatic rings. The molecule has 1 unspecified atom stereocenters. The Morgan fingerprint density at radius 2 is 2.24 bits per heavy atom. The number of alkyl halides is 1. The molecule has 1 atom stereocenters. The number of amides is 1. The van der Waals surface area contributed by atoms with Gasteiger partial charge in [0, 0.05) is 23.9 Å². The van der Waals surface area contributed by atoms with E-state index < -0.39 is 0 Å². The van der Waals surface area contributed by atoms with Crippen molar-refractivity contribution in [1.29, 1.82) is 0 Å². The van der Waals surface area contributed by atoms with Crippen LogP contribution < -0.4 is 5.32 Å². The van der Waals surface area contributed by atoms with E-state index in [9.17, 15) is 4.79 Å². The number of carbonyl (C=O) groups excluding carboxylic acids is 1. The van der Waals surface area contributed by atoms with Crippen LogP contribution in [0.15, 0.2) is 0 Å². The first kappa shape index (κ1) is 15.0. The van der Waals surface area contributed by atoms with E-state index in [-0.39, 0.29) is 11.4 Å². The molecule has 1 amide bonds. The van der Waals surface area contributed by atoms with Crippen molar-refractivity contribution in [3.63, 3.8) is 0 Å². The lowest BCUT2D eigenvalue weighted by Gasteiger charge is -2.26. The Morgan fingerprint density at radius 1 is 1.47 bits per heavy atom. The summed E-state index contributed by atoms with van der Waals surface area (Å²) in [5, 5.41) is 3.98. The molecular formula is C13H24BrNO2. The van der Waals surface area contributed by atoms with Gasteiger partial charge in [0.2, 0.25) is 5.91 Å². The van der Waals surface area contributed by atoms with Gasteiger partial charge in [0.15, 0.2) is 0 Å². The minimum absolute atomic E-state index is 0.117. The van der Waals surface area contributed by atoms with Gasteiger partial charge in [-0.25, -0.2) is 0 Å². The van der Waals surface area contributed by atoms with Crippen LogP contribution in [-0.2, 0) is 9.53 Å². The lowest BCUT2D eigenvalue weighted by Crippen LogP contribution is -2.43. The fourth-order valence-electron chi connectivity index (χ4n) is 2.07. The molecule has 3 nitrogen and oxygen atoms in total. The molecule has 1 aliphatic heterocycles. The lowest BCUT2D eigenvalue weighted by molar-refractivity contribution is -0.123. The summed E-state index contributed by atoms with van der Waals surface area (Å²) < 4.78 is 5.62. The molecule has 1 rings (SSSR count). The number of ether oxygens (including phenoxy) is 1. The number of hydrogen-bond donors (Lipinski definition) is 1. The van der Waals surface area contributed by atoms with Gasteiger partial charge in [0.25, 0.3) is 0 Å². The molecule has 0 aliphatic carbocycles. The number of halogens is 1. The van der Waals surface area contributed by atoms with Gasteiger partial charge in [0.05, 0.1) is 6.10 Å². The first-order valence-corrected chi connectivity index (χ1v) is 7.64. The van der Waals surface area contributed by atoms with Gasteiger partial charge in [-0.2, -0.15) is 0 Å². The Morgan fingerprint density at radius 3 is 2.82 bits per heavy atom. The number of rotatable bonds is 6. The van der Waals surface area contributed by atoms with Crippen LogP contribution in [0.25, 0.3) is 0 Å². The molecule has 1 saturated heterocycles. The van der Waals surface area contributed by atoms with Gasteiger partial charge in [-0.05, 0) is 46.0 Å². The van der Waals surface area contributed by atoms with Crippen LogP contribution in [-0.4, -0.2) is 29.5 Å². The van der Waals surface area contributed by atoms with E-state index in [2.05, 4.69) is 35.1 Å². The summed E-state index contributed by atoms with van der Waals surface area (Å²) in [5.41, 5.74) is -0.117. The lowest BCUT2D eigenvalue weighted by atomic mass is 10.0. The molecule has 0 aromatic rings. The molecule has 0 aromatic carbocycles. The maximum Gasteiger partial charge on any atom is 0.220 e. The zero-order valence-electron chi connectivity index (χ0n) is 10.9. The summed E-state index contributed by atoms with van der Waals surface area (Å²) in [5.74, 6) is 0.144. The molecule has 0 radical (unpaired) electrons. The molecule has 4 heteroatoms. The second-order valence-corrected chi connectivity index (χ2v) is 6.19. The normalized spacial score (nSPS) is 21.2. The highest BCUT2D eigenvalue weighted by Crippen LogP contribution is 2.17. The second kappa shape index (κ2) is 7.37. The third-order valence-corrected chi connectivity index (χ3v) is 3.56. The van der Waals surface area contributed by atoms with Crippen molar-refractivity contribution in [3.8, 4) is 0 Å². The van der Waals surface area contributed by atoms with E-state index in [1.165, 1.54) is 12.8 Å². The van der Waals surface area contributed by atoms with E-state index in [4.69, 9.17) is 4.74 Å². The number of hydrogen-bond acceptors (Lipinski definition) is 2. The Hall–Kier alpha value is -0.0900. The highest BCUT2D eigenvalue weighted by molar-refractivity contribution is 9.09. The van der Waals surface area contributed by atoms with Crippen LogP contribution in [0.2, 0.25) is 0 Å². The molecule has 1 N–H and O–H groups in total. The summed E-state index contributed by atoms with van der Waals surface area (Å²) in [6, 6.07) is 0. The van der Waals surface area contributed by atoms with Crippen LogP contribution in [0.1, 0.15) is 52.4 Å². The monoisotopic (exact) mass is 305 g/mol.